The van der Waals surface area contributed by atoms with Crippen molar-refractivity contribution >= 4 is 32.5 Å². The average molecular weight is 486 g/mol. The van der Waals surface area contributed by atoms with Gasteiger partial charge in [-0.05, 0) is 49.2 Å². The molecule has 1 atom stereocenters. The maximum Gasteiger partial charge on any atom is 0.316 e. The molecule has 0 bridgehead atoms. The van der Waals surface area contributed by atoms with Gasteiger partial charge in [0.05, 0.1) is 33.9 Å². The molecule has 0 spiro atoms. The number of nitrogens with zero attached hydrogens (tertiary/aromatic N) is 3. The summed E-state index contributed by atoms with van der Waals surface area (Å²) in [5.41, 5.74) is 0.942. The van der Waals surface area contributed by atoms with Crippen molar-refractivity contribution in [2.24, 2.45) is 14.1 Å². The van der Waals surface area contributed by atoms with Crippen LogP contribution in [0.3, 0.4) is 0 Å². The Hall–Kier alpha value is -3.40. The van der Waals surface area contributed by atoms with Crippen LogP contribution in [0.15, 0.2) is 50.9 Å². The van der Waals surface area contributed by atoms with E-state index in [0.29, 0.717) is 35.4 Å². The smallest absolute Gasteiger partial charge is 0.316 e. The summed E-state index contributed by atoms with van der Waals surface area (Å²) in [4.78, 5) is 38.9. The van der Waals surface area contributed by atoms with Crippen molar-refractivity contribution in [2.45, 2.75) is 37.7 Å². The van der Waals surface area contributed by atoms with E-state index in [1.54, 1.807) is 4.90 Å². The molecule has 0 aliphatic carbocycles. The molecule has 3 aromatic rings. The van der Waals surface area contributed by atoms with Crippen LogP contribution in [0.25, 0.3) is 11.0 Å². The molecule has 0 N–H and O–H groups in total. The van der Waals surface area contributed by atoms with E-state index in [4.69, 9.17) is 4.74 Å². The zero-order chi connectivity index (χ0) is 24.8. The van der Waals surface area contributed by atoms with Crippen LogP contribution in [0.2, 0.25) is 0 Å². The van der Waals surface area contributed by atoms with E-state index in [1.807, 2.05) is 32.0 Å². The number of amides is 1. The van der Waals surface area contributed by atoms with Crippen molar-refractivity contribution in [1.29, 1.82) is 0 Å². The molecule has 0 radical (unpaired) electrons. The third kappa shape index (κ3) is 4.13. The highest BCUT2D eigenvalue weighted by molar-refractivity contribution is 7.91. The number of sulfone groups is 1. The number of ether oxygens (including phenoxy) is 1. The van der Waals surface area contributed by atoms with Gasteiger partial charge in [-0.2, -0.15) is 0 Å². The molecule has 1 aromatic heterocycles. The molecule has 180 valence electrons. The van der Waals surface area contributed by atoms with Crippen LogP contribution in [-0.2, 0) is 28.7 Å². The van der Waals surface area contributed by atoms with Gasteiger partial charge in [0.15, 0.2) is 9.84 Å². The van der Waals surface area contributed by atoms with Gasteiger partial charge in [-0.3, -0.25) is 14.4 Å². The second-order valence-electron chi connectivity index (χ2n) is 8.57. The lowest BCUT2D eigenvalue weighted by Crippen LogP contribution is -2.43. The number of carbonyl (C=O) groups is 1. The Labute approximate surface area is 197 Å². The Balaban J connectivity index is 1.61. The van der Waals surface area contributed by atoms with Gasteiger partial charge in [-0.1, -0.05) is 13.0 Å². The maximum absolute atomic E-state index is 13.1. The average Bonchev–Trinajstić information content (AvgIpc) is 2.83. The summed E-state index contributed by atoms with van der Waals surface area (Å²) in [6, 6.07) is 9.87. The highest BCUT2D eigenvalue weighted by Crippen LogP contribution is 2.35. The molecule has 1 aliphatic heterocycles. The predicted octanol–water partition coefficient (Wildman–Crippen LogP) is 1.91. The van der Waals surface area contributed by atoms with E-state index >= 15 is 0 Å². The summed E-state index contributed by atoms with van der Waals surface area (Å²) in [5.74, 6) is -0.0690. The van der Waals surface area contributed by atoms with Gasteiger partial charge in [-0.15, -0.1) is 0 Å². The van der Waals surface area contributed by atoms with Gasteiger partial charge in [-0.25, -0.2) is 8.42 Å². The van der Waals surface area contributed by atoms with Gasteiger partial charge in [0.25, 0.3) is 0 Å². The fourth-order valence-electron chi connectivity index (χ4n) is 4.13. The number of aryl methyl sites for hydroxylation is 3. The molecule has 4 rings (SSSR count). The highest BCUT2D eigenvalue weighted by Gasteiger charge is 2.30. The van der Waals surface area contributed by atoms with E-state index in [0.717, 1.165) is 10.1 Å². The summed E-state index contributed by atoms with van der Waals surface area (Å²) in [6.07, 6.45) is 0.355. The van der Waals surface area contributed by atoms with Gasteiger partial charge in [0.1, 0.15) is 11.9 Å². The van der Waals surface area contributed by atoms with Crippen molar-refractivity contribution in [2.75, 3.05) is 17.2 Å². The number of benzene rings is 2. The van der Waals surface area contributed by atoms with E-state index in [2.05, 4.69) is 0 Å². The molecular weight excluding hydrogens is 458 g/mol. The third-order valence-electron chi connectivity index (χ3n) is 6.25. The van der Waals surface area contributed by atoms with Crippen LogP contribution >= 0.6 is 0 Å². The lowest BCUT2D eigenvalue weighted by atomic mass is 10.1. The van der Waals surface area contributed by atoms with Crippen LogP contribution in [0, 0.1) is 6.92 Å². The molecule has 0 saturated heterocycles. The number of hydrogen-bond acceptors (Lipinski definition) is 6. The number of carbonyl (C=O) groups excluding carboxylic acids is 1. The molecule has 0 saturated carbocycles. The van der Waals surface area contributed by atoms with E-state index < -0.39 is 21.0 Å². The number of anilines is 1. The minimum atomic E-state index is -3.82. The van der Waals surface area contributed by atoms with Crippen LogP contribution < -0.4 is 20.8 Å². The normalized spacial score (nSPS) is 15.8. The molecule has 1 aliphatic rings. The first-order valence-corrected chi connectivity index (χ1v) is 12.7. The first-order chi connectivity index (χ1) is 16.0. The third-order valence-corrected chi connectivity index (χ3v) is 7.96. The molecular formula is C24H27N3O6S. The van der Waals surface area contributed by atoms with Gasteiger partial charge >= 0.3 is 11.1 Å². The van der Waals surface area contributed by atoms with E-state index in [-0.39, 0.29) is 29.1 Å². The van der Waals surface area contributed by atoms with Crippen molar-refractivity contribution in [3.8, 4) is 5.75 Å². The molecule has 9 nitrogen and oxygen atoms in total. The lowest BCUT2D eigenvalue weighted by molar-refractivity contribution is -0.118. The van der Waals surface area contributed by atoms with Gasteiger partial charge in [0, 0.05) is 20.5 Å². The van der Waals surface area contributed by atoms with Crippen LogP contribution in [0.5, 0.6) is 5.75 Å². The minimum Gasteiger partial charge on any atom is -0.486 e. The first-order valence-electron chi connectivity index (χ1n) is 11.0. The minimum absolute atomic E-state index is 0.00824. The summed E-state index contributed by atoms with van der Waals surface area (Å²) in [7, 11) is -0.937. The number of fused-ring (bicyclic) bond motifs is 2. The fourth-order valence-corrected chi connectivity index (χ4v) is 5.38. The summed E-state index contributed by atoms with van der Waals surface area (Å²) in [6.45, 7) is 4.25. The Kier molecular flexibility index (Phi) is 6.11. The molecule has 0 fully saturated rings. The van der Waals surface area contributed by atoms with Crippen LogP contribution in [0.4, 0.5) is 5.69 Å². The molecule has 2 heterocycles. The number of rotatable bonds is 5. The van der Waals surface area contributed by atoms with Crippen molar-refractivity contribution in [3.63, 3.8) is 0 Å². The fraction of sp³-hybridized carbons (Fsp3) is 0.375. The largest absolute Gasteiger partial charge is 0.486 e. The lowest BCUT2D eigenvalue weighted by Gasteiger charge is -2.35. The SMILES string of the molecule is CCC1CN(C(=O)CCS(=O)(=O)c2ccc3c(c2)n(C)c(=O)c(=O)n3C)c2cc(C)ccc2O1. The van der Waals surface area contributed by atoms with Crippen LogP contribution in [-0.4, -0.2) is 41.9 Å². The summed E-state index contributed by atoms with van der Waals surface area (Å²) >= 11 is 0. The molecule has 2 aromatic carbocycles. The van der Waals surface area contributed by atoms with Crippen molar-refractivity contribution < 1.29 is 17.9 Å². The summed E-state index contributed by atoms with van der Waals surface area (Å²) in [5, 5.41) is 0. The van der Waals surface area contributed by atoms with Gasteiger partial charge < -0.3 is 18.8 Å². The molecule has 1 unspecified atom stereocenters. The summed E-state index contributed by atoms with van der Waals surface area (Å²) < 4.78 is 34.4. The van der Waals surface area contributed by atoms with Gasteiger partial charge in [0.2, 0.25) is 5.91 Å². The Morgan fingerprint density at radius 2 is 1.71 bits per heavy atom. The number of aromatic nitrogens is 2. The number of hydrogen-bond donors (Lipinski definition) is 0. The second kappa shape index (κ2) is 8.75. The topological polar surface area (TPSA) is 108 Å². The van der Waals surface area contributed by atoms with E-state index in [9.17, 15) is 22.8 Å². The Bertz CT molecular complexity index is 1520. The van der Waals surface area contributed by atoms with Crippen molar-refractivity contribution in [3.05, 3.63) is 62.7 Å². The standard InChI is InChI=1S/C24H27N3O6S/c1-5-16-14-27(20-12-15(2)6-9-21(20)33-16)22(28)10-11-34(31,32)17-7-8-18-19(13-17)26(4)24(30)23(29)25(18)3/h6-9,12-13,16H,5,10-11,14H2,1-4H3. The quantitative estimate of drug-likeness (QED) is 0.511. The molecule has 34 heavy (non-hydrogen) atoms. The predicted molar refractivity (Wildman–Crippen MR) is 129 cm³/mol. The molecule has 1 amide bonds. The monoisotopic (exact) mass is 485 g/mol. The highest BCUT2D eigenvalue weighted by atomic mass is 32.2. The Morgan fingerprint density at radius 3 is 2.38 bits per heavy atom. The van der Waals surface area contributed by atoms with E-state index in [1.165, 1.54) is 36.9 Å². The van der Waals surface area contributed by atoms with Crippen LogP contribution in [0.1, 0.15) is 25.3 Å². The van der Waals surface area contributed by atoms with Crippen molar-refractivity contribution in [1.82, 2.24) is 9.13 Å². The Morgan fingerprint density at radius 1 is 1.03 bits per heavy atom. The first kappa shape index (κ1) is 23.7. The zero-order valence-corrected chi connectivity index (χ0v) is 20.4. The molecule has 10 heteroatoms. The maximum atomic E-state index is 13.1. The second-order valence-corrected chi connectivity index (χ2v) is 10.7. The zero-order valence-electron chi connectivity index (χ0n) is 19.6.